The van der Waals surface area contributed by atoms with Crippen LogP contribution in [0.5, 0.6) is 11.5 Å². The highest BCUT2D eigenvalue weighted by Gasteiger charge is 2.23. The molecule has 0 amide bonds. The van der Waals surface area contributed by atoms with Gasteiger partial charge in [-0.05, 0) is 79.3 Å². The fourth-order valence-electron chi connectivity index (χ4n) is 3.50. The SMILES string of the molecule is CCC(=C(c1ccc(OCCBr)cc1)c1ccc(OC(=O)C(C)(C)C)cc1)c1ccccc1. The number of rotatable bonds is 8. The molecule has 4 heteroatoms. The molecule has 0 bridgehead atoms. The average Bonchev–Trinajstić information content (AvgIpc) is 2.82. The van der Waals surface area contributed by atoms with Crippen molar-refractivity contribution < 1.29 is 14.3 Å². The Hall–Kier alpha value is -2.85. The van der Waals surface area contributed by atoms with Gasteiger partial charge in [0.15, 0.2) is 0 Å². The monoisotopic (exact) mass is 506 g/mol. The van der Waals surface area contributed by atoms with E-state index in [1.807, 2.05) is 63.2 Å². The number of alkyl halides is 1. The van der Waals surface area contributed by atoms with Gasteiger partial charge in [-0.15, -0.1) is 0 Å². The van der Waals surface area contributed by atoms with E-state index in [1.165, 1.54) is 11.1 Å². The summed E-state index contributed by atoms with van der Waals surface area (Å²) in [5.74, 6) is 1.15. The summed E-state index contributed by atoms with van der Waals surface area (Å²) in [6.07, 6.45) is 0.877. The molecule has 0 aliphatic carbocycles. The first-order valence-corrected chi connectivity index (χ1v) is 12.4. The van der Waals surface area contributed by atoms with Crippen LogP contribution < -0.4 is 9.47 Å². The number of carbonyl (C=O) groups excluding carboxylic acids is 1. The molecule has 0 atom stereocenters. The smallest absolute Gasteiger partial charge is 0.316 e. The Labute approximate surface area is 205 Å². The van der Waals surface area contributed by atoms with Gasteiger partial charge in [-0.2, -0.15) is 0 Å². The summed E-state index contributed by atoms with van der Waals surface area (Å²) in [6.45, 7) is 8.35. The molecule has 0 saturated heterocycles. The second-order valence-corrected chi connectivity index (χ2v) is 9.59. The standard InChI is InChI=1S/C29H31BrO3/c1-5-26(21-9-7-6-8-10-21)27(22-11-15-24(16-12-22)32-20-19-30)23-13-17-25(18-14-23)33-28(31)29(2,3)4/h6-18H,5,19-20H2,1-4H3. The van der Waals surface area contributed by atoms with Crippen LogP contribution in [-0.2, 0) is 4.79 Å². The van der Waals surface area contributed by atoms with E-state index in [0.29, 0.717) is 12.4 Å². The van der Waals surface area contributed by atoms with E-state index < -0.39 is 5.41 Å². The first-order chi connectivity index (χ1) is 15.8. The first-order valence-electron chi connectivity index (χ1n) is 11.2. The van der Waals surface area contributed by atoms with Crippen molar-refractivity contribution in [1.82, 2.24) is 0 Å². The van der Waals surface area contributed by atoms with Crippen molar-refractivity contribution in [3.63, 3.8) is 0 Å². The third-order valence-electron chi connectivity index (χ3n) is 5.23. The van der Waals surface area contributed by atoms with Gasteiger partial charge in [-0.25, -0.2) is 0 Å². The summed E-state index contributed by atoms with van der Waals surface area (Å²) in [5, 5.41) is 0.792. The summed E-state index contributed by atoms with van der Waals surface area (Å²) in [7, 11) is 0. The normalized spacial score (nSPS) is 12.2. The Bertz CT molecular complexity index is 1080. The maximum absolute atomic E-state index is 12.3. The van der Waals surface area contributed by atoms with Gasteiger partial charge < -0.3 is 9.47 Å². The van der Waals surface area contributed by atoms with Crippen LogP contribution in [0.4, 0.5) is 0 Å². The zero-order valence-corrected chi connectivity index (χ0v) is 21.3. The number of hydrogen-bond donors (Lipinski definition) is 0. The third-order valence-corrected chi connectivity index (χ3v) is 5.56. The van der Waals surface area contributed by atoms with Crippen molar-refractivity contribution >= 4 is 33.0 Å². The molecule has 3 nitrogen and oxygen atoms in total. The molecule has 0 unspecified atom stereocenters. The molecular weight excluding hydrogens is 476 g/mol. The number of carbonyl (C=O) groups is 1. The molecule has 172 valence electrons. The van der Waals surface area contributed by atoms with Gasteiger partial charge in [0.2, 0.25) is 0 Å². The number of esters is 1. The molecule has 3 rings (SSSR count). The molecule has 0 spiro atoms. The van der Waals surface area contributed by atoms with Gasteiger partial charge >= 0.3 is 5.97 Å². The predicted octanol–water partition coefficient (Wildman–Crippen LogP) is 7.78. The molecule has 33 heavy (non-hydrogen) atoms. The van der Waals surface area contributed by atoms with E-state index in [-0.39, 0.29) is 5.97 Å². The molecule has 3 aromatic carbocycles. The zero-order valence-electron chi connectivity index (χ0n) is 19.7. The summed E-state index contributed by atoms with van der Waals surface area (Å²) in [4.78, 5) is 12.3. The Morgan fingerprint density at radius 3 is 1.82 bits per heavy atom. The lowest BCUT2D eigenvalue weighted by molar-refractivity contribution is -0.142. The van der Waals surface area contributed by atoms with Crippen LogP contribution in [0, 0.1) is 5.41 Å². The van der Waals surface area contributed by atoms with Crippen LogP contribution in [0.1, 0.15) is 50.8 Å². The highest BCUT2D eigenvalue weighted by Crippen LogP contribution is 2.35. The lowest BCUT2D eigenvalue weighted by Crippen LogP contribution is -2.25. The topological polar surface area (TPSA) is 35.5 Å². The molecule has 0 fully saturated rings. The maximum Gasteiger partial charge on any atom is 0.316 e. The molecule has 0 radical (unpaired) electrons. The van der Waals surface area contributed by atoms with Crippen LogP contribution in [0.2, 0.25) is 0 Å². The minimum absolute atomic E-state index is 0.247. The van der Waals surface area contributed by atoms with Crippen LogP contribution in [0.15, 0.2) is 78.9 Å². The van der Waals surface area contributed by atoms with E-state index in [1.54, 1.807) is 0 Å². The van der Waals surface area contributed by atoms with E-state index in [0.717, 1.165) is 34.2 Å². The summed E-state index contributed by atoms with van der Waals surface area (Å²) >= 11 is 3.40. The quantitative estimate of drug-likeness (QED) is 0.135. The largest absolute Gasteiger partial charge is 0.493 e. The van der Waals surface area contributed by atoms with Crippen molar-refractivity contribution in [2.75, 3.05) is 11.9 Å². The van der Waals surface area contributed by atoms with Crippen molar-refractivity contribution in [2.45, 2.75) is 34.1 Å². The molecule has 0 N–H and O–H groups in total. The summed E-state index contributed by atoms with van der Waals surface area (Å²) in [6, 6.07) is 26.5. The van der Waals surface area contributed by atoms with E-state index in [4.69, 9.17) is 9.47 Å². The van der Waals surface area contributed by atoms with Gasteiger partial charge in [0.1, 0.15) is 11.5 Å². The molecule has 0 aromatic heterocycles. The van der Waals surface area contributed by atoms with Gasteiger partial charge in [-0.3, -0.25) is 4.79 Å². The number of benzene rings is 3. The minimum atomic E-state index is -0.551. The fourth-order valence-corrected chi connectivity index (χ4v) is 3.67. The van der Waals surface area contributed by atoms with Crippen LogP contribution in [-0.4, -0.2) is 17.9 Å². The number of hydrogen-bond acceptors (Lipinski definition) is 3. The molecule has 0 heterocycles. The summed E-state index contributed by atoms with van der Waals surface area (Å²) in [5.41, 5.74) is 5.23. The average molecular weight is 507 g/mol. The van der Waals surface area contributed by atoms with Gasteiger partial charge in [0.25, 0.3) is 0 Å². The molecule has 0 aliphatic rings. The van der Waals surface area contributed by atoms with Crippen molar-refractivity contribution in [2.24, 2.45) is 5.41 Å². The van der Waals surface area contributed by atoms with Crippen LogP contribution in [0.3, 0.4) is 0 Å². The first kappa shape index (κ1) is 24.8. The van der Waals surface area contributed by atoms with E-state index >= 15 is 0 Å². The fraction of sp³-hybridized carbons (Fsp3) is 0.276. The van der Waals surface area contributed by atoms with E-state index in [9.17, 15) is 4.79 Å². The summed E-state index contributed by atoms with van der Waals surface area (Å²) < 4.78 is 11.3. The molecule has 3 aromatic rings. The van der Waals surface area contributed by atoms with Crippen molar-refractivity contribution in [1.29, 1.82) is 0 Å². The Morgan fingerprint density at radius 1 is 0.788 bits per heavy atom. The molecular formula is C29H31BrO3. The second-order valence-electron chi connectivity index (χ2n) is 8.80. The lowest BCUT2D eigenvalue weighted by atomic mass is 9.88. The van der Waals surface area contributed by atoms with Gasteiger partial charge in [0.05, 0.1) is 12.0 Å². The number of ether oxygens (including phenoxy) is 2. The van der Waals surface area contributed by atoms with Crippen LogP contribution in [0.25, 0.3) is 11.1 Å². The number of halogens is 1. The predicted molar refractivity (Wildman–Crippen MR) is 140 cm³/mol. The third kappa shape index (κ3) is 6.58. The van der Waals surface area contributed by atoms with Crippen molar-refractivity contribution in [3.8, 4) is 11.5 Å². The van der Waals surface area contributed by atoms with Crippen molar-refractivity contribution in [3.05, 3.63) is 95.6 Å². The molecule has 0 aliphatic heterocycles. The second kappa shape index (κ2) is 11.3. The minimum Gasteiger partial charge on any atom is -0.493 e. The molecule has 0 saturated carbocycles. The van der Waals surface area contributed by atoms with Gasteiger partial charge in [0, 0.05) is 5.33 Å². The Balaban J connectivity index is 2.04. The Kier molecular flexibility index (Phi) is 8.51. The zero-order chi connectivity index (χ0) is 23.8. The number of allylic oxidation sites excluding steroid dienone is 1. The van der Waals surface area contributed by atoms with Crippen LogP contribution >= 0.6 is 15.9 Å². The van der Waals surface area contributed by atoms with E-state index in [2.05, 4.69) is 59.3 Å². The Morgan fingerprint density at radius 2 is 1.33 bits per heavy atom. The lowest BCUT2D eigenvalue weighted by Gasteiger charge is -2.18. The van der Waals surface area contributed by atoms with Gasteiger partial charge in [-0.1, -0.05) is 77.5 Å². The highest BCUT2D eigenvalue weighted by molar-refractivity contribution is 9.09. The highest BCUT2D eigenvalue weighted by atomic mass is 79.9. The maximum atomic E-state index is 12.3.